The predicted molar refractivity (Wildman–Crippen MR) is 77.1 cm³/mol. The molecule has 0 spiro atoms. The highest BCUT2D eigenvalue weighted by molar-refractivity contribution is 7.92. The number of benzene rings is 1. The van der Waals surface area contributed by atoms with Gasteiger partial charge in [-0.15, -0.1) is 0 Å². The molecular weight excluding hydrogens is 278 g/mol. The molecule has 1 aromatic heterocycles. The molecule has 0 amide bonds. The van der Waals surface area contributed by atoms with E-state index in [-0.39, 0.29) is 10.7 Å². The number of hydrogen-bond acceptors (Lipinski definition) is 5. The molecule has 0 saturated heterocycles. The van der Waals surface area contributed by atoms with Gasteiger partial charge in [0.25, 0.3) is 10.0 Å². The largest absolute Gasteiger partial charge is 0.492 e. The Morgan fingerprint density at radius 2 is 2.00 bits per heavy atom. The molecule has 106 valence electrons. The van der Waals surface area contributed by atoms with Crippen molar-refractivity contribution in [1.29, 1.82) is 0 Å². The highest BCUT2D eigenvalue weighted by atomic mass is 32.2. The number of nitrogen functional groups attached to an aromatic ring is 1. The maximum atomic E-state index is 12.3. The maximum absolute atomic E-state index is 12.3. The van der Waals surface area contributed by atoms with Crippen molar-refractivity contribution in [3.8, 4) is 5.75 Å². The van der Waals surface area contributed by atoms with Crippen molar-refractivity contribution < 1.29 is 13.2 Å². The quantitative estimate of drug-likeness (QED) is 0.877. The Balaban J connectivity index is 2.37. The molecule has 7 heteroatoms. The summed E-state index contributed by atoms with van der Waals surface area (Å²) in [5, 5.41) is -0.202. The van der Waals surface area contributed by atoms with Crippen molar-refractivity contribution in [2.75, 3.05) is 17.1 Å². The van der Waals surface area contributed by atoms with E-state index in [0.717, 1.165) is 0 Å². The number of nitrogens with zero attached hydrogens (tertiary/aromatic N) is 1. The van der Waals surface area contributed by atoms with E-state index in [1.165, 1.54) is 12.3 Å². The third-order valence-corrected chi connectivity index (χ3v) is 3.83. The second-order valence-corrected chi connectivity index (χ2v) is 5.53. The molecule has 0 aliphatic carbocycles. The van der Waals surface area contributed by atoms with Crippen molar-refractivity contribution in [3.63, 3.8) is 0 Å². The first-order valence-electron chi connectivity index (χ1n) is 5.99. The van der Waals surface area contributed by atoms with E-state index >= 15 is 0 Å². The van der Waals surface area contributed by atoms with E-state index in [1.54, 1.807) is 30.3 Å². The highest BCUT2D eigenvalue weighted by Crippen LogP contribution is 2.27. The van der Waals surface area contributed by atoms with Gasteiger partial charge in [-0.1, -0.05) is 12.1 Å². The molecule has 2 aromatic rings. The molecular formula is C13H15N3O3S. The molecule has 20 heavy (non-hydrogen) atoms. The van der Waals surface area contributed by atoms with Gasteiger partial charge in [0.2, 0.25) is 0 Å². The highest BCUT2D eigenvalue weighted by Gasteiger charge is 2.20. The minimum atomic E-state index is -3.85. The number of sulfonamides is 1. The third kappa shape index (κ3) is 3.00. The van der Waals surface area contributed by atoms with Crippen LogP contribution in [0.4, 0.5) is 11.4 Å². The molecule has 3 N–H and O–H groups in total. The number of nitrogens with two attached hydrogens (primary N) is 1. The van der Waals surface area contributed by atoms with Gasteiger partial charge in [-0.25, -0.2) is 4.98 Å². The summed E-state index contributed by atoms with van der Waals surface area (Å²) in [4.78, 5) is 3.81. The number of nitrogens with one attached hydrogen (secondary N) is 1. The lowest BCUT2D eigenvalue weighted by molar-refractivity contribution is 0.342. The van der Waals surface area contributed by atoms with Crippen molar-refractivity contribution in [2.45, 2.75) is 11.9 Å². The maximum Gasteiger partial charge on any atom is 0.281 e. The molecule has 0 atom stereocenters. The number of hydrogen-bond donors (Lipinski definition) is 2. The minimum absolute atomic E-state index is 0.0916. The molecule has 0 saturated carbocycles. The Kier molecular flexibility index (Phi) is 4.09. The van der Waals surface area contributed by atoms with Crippen LogP contribution in [0.2, 0.25) is 0 Å². The van der Waals surface area contributed by atoms with Crippen LogP contribution in [0.3, 0.4) is 0 Å². The van der Waals surface area contributed by atoms with Crippen LogP contribution in [-0.4, -0.2) is 20.0 Å². The number of ether oxygens (including phenoxy) is 1. The number of pyridine rings is 1. The molecule has 1 heterocycles. The van der Waals surface area contributed by atoms with Gasteiger partial charge in [0, 0.05) is 6.20 Å². The Morgan fingerprint density at radius 1 is 1.25 bits per heavy atom. The summed E-state index contributed by atoms with van der Waals surface area (Å²) in [6, 6.07) is 9.82. The third-order valence-electron chi connectivity index (χ3n) is 2.49. The second-order valence-electron chi connectivity index (χ2n) is 3.93. The van der Waals surface area contributed by atoms with E-state index in [4.69, 9.17) is 10.5 Å². The molecule has 6 nitrogen and oxygen atoms in total. The van der Waals surface area contributed by atoms with E-state index in [9.17, 15) is 8.42 Å². The van der Waals surface area contributed by atoms with Gasteiger partial charge in [-0.2, -0.15) is 8.42 Å². The van der Waals surface area contributed by atoms with Gasteiger partial charge in [0.15, 0.2) is 5.03 Å². The molecule has 0 aliphatic heterocycles. The SMILES string of the molecule is CCOc1ccccc1NS(=O)(=O)c1ncccc1N. The van der Waals surface area contributed by atoms with Crippen LogP contribution in [0.5, 0.6) is 5.75 Å². The van der Waals surface area contributed by atoms with Gasteiger partial charge in [0.1, 0.15) is 5.75 Å². The summed E-state index contributed by atoms with van der Waals surface area (Å²) >= 11 is 0. The molecule has 0 bridgehead atoms. The smallest absolute Gasteiger partial charge is 0.281 e. The summed E-state index contributed by atoms with van der Waals surface area (Å²) < 4.78 is 32.3. The molecule has 2 rings (SSSR count). The van der Waals surface area contributed by atoms with Gasteiger partial charge >= 0.3 is 0 Å². The average molecular weight is 293 g/mol. The van der Waals surface area contributed by atoms with E-state index in [1.807, 2.05) is 6.92 Å². The van der Waals surface area contributed by atoms with Crippen LogP contribution >= 0.6 is 0 Å². The average Bonchev–Trinajstić information content (AvgIpc) is 2.41. The van der Waals surface area contributed by atoms with Crippen LogP contribution in [0, 0.1) is 0 Å². The van der Waals surface area contributed by atoms with Crippen LogP contribution in [0.25, 0.3) is 0 Å². The summed E-state index contributed by atoms with van der Waals surface area (Å²) in [6.45, 7) is 2.26. The number of para-hydroxylation sites is 2. The van der Waals surface area contributed by atoms with Gasteiger partial charge in [-0.3, -0.25) is 4.72 Å². The fourth-order valence-corrected chi connectivity index (χ4v) is 2.79. The molecule has 1 aromatic carbocycles. The van der Waals surface area contributed by atoms with Crippen LogP contribution in [0.15, 0.2) is 47.6 Å². The Hall–Kier alpha value is -2.28. The van der Waals surface area contributed by atoms with Crippen LogP contribution in [-0.2, 0) is 10.0 Å². The minimum Gasteiger partial charge on any atom is -0.492 e. The number of rotatable bonds is 5. The van der Waals surface area contributed by atoms with Crippen LogP contribution in [0.1, 0.15) is 6.92 Å². The fourth-order valence-electron chi connectivity index (χ4n) is 1.65. The number of aromatic nitrogens is 1. The summed E-state index contributed by atoms with van der Waals surface area (Å²) in [5.41, 5.74) is 6.08. The Bertz CT molecular complexity index is 702. The van der Waals surface area contributed by atoms with Gasteiger partial charge in [0.05, 0.1) is 18.0 Å². The lowest BCUT2D eigenvalue weighted by Crippen LogP contribution is -2.17. The Labute approximate surface area is 117 Å². The molecule has 0 radical (unpaired) electrons. The lowest BCUT2D eigenvalue weighted by atomic mass is 10.3. The predicted octanol–water partition coefficient (Wildman–Crippen LogP) is 1.86. The van der Waals surface area contributed by atoms with Crippen molar-refractivity contribution >= 4 is 21.4 Å². The van der Waals surface area contributed by atoms with E-state index in [0.29, 0.717) is 18.0 Å². The Morgan fingerprint density at radius 3 is 2.70 bits per heavy atom. The number of anilines is 2. The first kappa shape index (κ1) is 14.1. The molecule has 0 unspecified atom stereocenters. The second kappa shape index (κ2) is 5.79. The van der Waals surface area contributed by atoms with Crippen molar-refractivity contribution in [2.24, 2.45) is 0 Å². The van der Waals surface area contributed by atoms with Gasteiger partial charge < -0.3 is 10.5 Å². The fraction of sp³-hybridized carbons (Fsp3) is 0.154. The van der Waals surface area contributed by atoms with E-state index in [2.05, 4.69) is 9.71 Å². The van der Waals surface area contributed by atoms with Crippen molar-refractivity contribution in [3.05, 3.63) is 42.6 Å². The molecule has 0 fully saturated rings. The zero-order chi connectivity index (χ0) is 14.6. The van der Waals surface area contributed by atoms with Crippen LogP contribution < -0.4 is 15.2 Å². The standard InChI is InChI=1S/C13H15N3O3S/c1-2-19-12-8-4-3-7-11(12)16-20(17,18)13-10(14)6-5-9-15-13/h3-9,16H,2,14H2,1H3. The monoisotopic (exact) mass is 293 g/mol. The van der Waals surface area contributed by atoms with Crippen molar-refractivity contribution in [1.82, 2.24) is 4.98 Å². The summed E-state index contributed by atoms with van der Waals surface area (Å²) in [7, 11) is -3.85. The van der Waals surface area contributed by atoms with E-state index < -0.39 is 10.0 Å². The first-order valence-corrected chi connectivity index (χ1v) is 7.48. The molecule has 0 aliphatic rings. The topological polar surface area (TPSA) is 94.3 Å². The zero-order valence-electron chi connectivity index (χ0n) is 10.9. The normalized spacial score (nSPS) is 11.1. The summed E-state index contributed by atoms with van der Waals surface area (Å²) in [5.74, 6) is 0.452. The summed E-state index contributed by atoms with van der Waals surface area (Å²) in [6.07, 6.45) is 1.37. The van der Waals surface area contributed by atoms with Gasteiger partial charge in [-0.05, 0) is 31.2 Å². The zero-order valence-corrected chi connectivity index (χ0v) is 11.7. The lowest BCUT2D eigenvalue weighted by Gasteiger charge is -2.12. The first-order chi connectivity index (χ1) is 9.54.